The van der Waals surface area contributed by atoms with E-state index in [-0.39, 0.29) is 35.0 Å². The number of likely N-dealkylation sites (tertiary alicyclic amines) is 1. The number of primary amides is 1. The summed E-state index contributed by atoms with van der Waals surface area (Å²) in [5.41, 5.74) is 6.09. The van der Waals surface area contributed by atoms with E-state index in [9.17, 15) is 18.4 Å². The monoisotopic (exact) mass is 478 g/mol. The van der Waals surface area contributed by atoms with Gasteiger partial charge in [-0.1, -0.05) is 49.7 Å². The summed E-state index contributed by atoms with van der Waals surface area (Å²) in [6.07, 6.45) is 2.99. The molecule has 176 valence electrons. The SMILES string of the molecule is CC(C)c1ccccc1C1(C(N)=O)CN(C(=O)NC2CC2)C1c1ncc(Cl)cc1OC(F)F. The highest BCUT2D eigenvalue weighted by molar-refractivity contribution is 6.30. The predicted molar refractivity (Wildman–Crippen MR) is 118 cm³/mol. The Labute approximate surface area is 195 Å². The number of amides is 3. The smallest absolute Gasteiger partial charge is 0.387 e. The van der Waals surface area contributed by atoms with Gasteiger partial charge in [0.25, 0.3) is 0 Å². The Hall–Kier alpha value is -2.94. The van der Waals surface area contributed by atoms with Gasteiger partial charge >= 0.3 is 12.6 Å². The second-order valence-corrected chi connectivity index (χ2v) is 9.18. The number of benzene rings is 1. The number of hydrogen-bond acceptors (Lipinski definition) is 4. The number of alkyl halides is 2. The van der Waals surface area contributed by atoms with Gasteiger partial charge < -0.3 is 20.7 Å². The van der Waals surface area contributed by atoms with Crippen LogP contribution in [-0.4, -0.2) is 41.0 Å². The van der Waals surface area contributed by atoms with E-state index in [0.29, 0.717) is 5.56 Å². The summed E-state index contributed by atoms with van der Waals surface area (Å²) in [7, 11) is 0. The molecule has 0 radical (unpaired) electrons. The van der Waals surface area contributed by atoms with Crippen molar-refractivity contribution in [2.45, 2.75) is 56.7 Å². The van der Waals surface area contributed by atoms with Crippen molar-refractivity contribution in [3.8, 4) is 5.75 Å². The summed E-state index contributed by atoms with van der Waals surface area (Å²) in [6.45, 7) is 0.784. The third-order valence-corrected chi connectivity index (χ3v) is 6.40. The van der Waals surface area contributed by atoms with Crippen LogP contribution in [0.15, 0.2) is 36.5 Å². The average Bonchev–Trinajstić information content (AvgIpc) is 3.53. The molecule has 2 fully saturated rings. The van der Waals surface area contributed by atoms with Crippen molar-refractivity contribution in [2.75, 3.05) is 6.54 Å². The van der Waals surface area contributed by atoms with Crippen LogP contribution >= 0.6 is 11.6 Å². The maximum absolute atomic E-state index is 13.2. The van der Waals surface area contributed by atoms with Crippen molar-refractivity contribution < 1.29 is 23.1 Å². The second-order valence-electron chi connectivity index (χ2n) is 8.75. The van der Waals surface area contributed by atoms with Gasteiger partial charge in [0.05, 0.1) is 11.1 Å². The number of nitrogens with one attached hydrogen (secondary N) is 1. The Kier molecular flexibility index (Phi) is 6.18. The van der Waals surface area contributed by atoms with E-state index in [2.05, 4.69) is 10.3 Å². The summed E-state index contributed by atoms with van der Waals surface area (Å²) in [5.74, 6) is -0.947. The molecule has 4 rings (SSSR count). The van der Waals surface area contributed by atoms with Crippen molar-refractivity contribution >= 4 is 23.5 Å². The summed E-state index contributed by atoms with van der Waals surface area (Å²) in [5, 5.41) is 2.96. The molecule has 1 aromatic carbocycles. The molecule has 0 bridgehead atoms. The number of carbonyl (C=O) groups is 2. The molecule has 2 aromatic rings. The molecule has 2 atom stereocenters. The number of aromatic nitrogens is 1. The van der Waals surface area contributed by atoms with E-state index < -0.39 is 30.0 Å². The van der Waals surface area contributed by atoms with Gasteiger partial charge in [0.2, 0.25) is 5.91 Å². The quantitative estimate of drug-likeness (QED) is 0.625. The number of nitrogens with zero attached hydrogens (tertiary/aromatic N) is 2. The zero-order chi connectivity index (χ0) is 23.9. The van der Waals surface area contributed by atoms with Crippen LogP contribution in [0.3, 0.4) is 0 Å². The van der Waals surface area contributed by atoms with E-state index in [1.165, 1.54) is 17.2 Å². The van der Waals surface area contributed by atoms with Gasteiger partial charge in [-0.15, -0.1) is 0 Å². The molecule has 2 unspecified atom stereocenters. The fraction of sp³-hybridized carbons (Fsp3) is 0.435. The molecule has 0 spiro atoms. The summed E-state index contributed by atoms with van der Waals surface area (Å²) < 4.78 is 31.1. The van der Waals surface area contributed by atoms with Gasteiger partial charge in [0, 0.05) is 24.8 Å². The van der Waals surface area contributed by atoms with Crippen LogP contribution in [-0.2, 0) is 10.2 Å². The summed E-state index contributed by atoms with van der Waals surface area (Å²) >= 11 is 5.99. The molecule has 10 heteroatoms. The number of rotatable bonds is 7. The Balaban J connectivity index is 1.89. The molecule has 1 aliphatic carbocycles. The normalized spacial score (nSPS) is 22.3. The molecule has 1 saturated carbocycles. The lowest BCUT2D eigenvalue weighted by Gasteiger charge is -2.55. The van der Waals surface area contributed by atoms with E-state index in [1.807, 2.05) is 26.0 Å². The number of halogens is 3. The largest absolute Gasteiger partial charge is 0.433 e. The predicted octanol–water partition coefficient (Wildman–Crippen LogP) is 4.11. The lowest BCUT2D eigenvalue weighted by molar-refractivity contribution is -0.134. The van der Waals surface area contributed by atoms with Crippen molar-refractivity contribution in [1.82, 2.24) is 15.2 Å². The highest BCUT2D eigenvalue weighted by Crippen LogP contribution is 2.54. The Morgan fingerprint density at radius 2 is 2.00 bits per heavy atom. The van der Waals surface area contributed by atoms with Gasteiger partial charge in [-0.25, -0.2) is 4.79 Å². The van der Waals surface area contributed by atoms with Crippen LogP contribution in [0.2, 0.25) is 5.02 Å². The molecule has 3 amide bonds. The molecule has 2 aliphatic rings. The van der Waals surface area contributed by atoms with Gasteiger partial charge in [0.15, 0.2) is 5.75 Å². The first-order valence-electron chi connectivity index (χ1n) is 10.7. The van der Waals surface area contributed by atoms with Crippen LogP contribution in [0.5, 0.6) is 5.75 Å². The maximum atomic E-state index is 13.2. The minimum atomic E-state index is -3.15. The average molecular weight is 479 g/mol. The molecular weight excluding hydrogens is 454 g/mol. The number of urea groups is 1. The number of nitrogens with two attached hydrogens (primary N) is 1. The zero-order valence-electron chi connectivity index (χ0n) is 18.2. The first-order valence-corrected chi connectivity index (χ1v) is 11.1. The van der Waals surface area contributed by atoms with E-state index in [4.69, 9.17) is 22.1 Å². The van der Waals surface area contributed by atoms with Gasteiger partial charge in [-0.2, -0.15) is 8.78 Å². The fourth-order valence-corrected chi connectivity index (χ4v) is 4.61. The van der Waals surface area contributed by atoms with Crippen LogP contribution in [0.1, 0.15) is 55.5 Å². The topological polar surface area (TPSA) is 97.6 Å². The molecular formula is C23H25ClF2N4O3. The molecule has 2 heterocycles. The fourth-order valence-electron chi connectivity index (χ4n) is 4.47. The maximum Gasteiger partial charge on any atom is 0.387 e. The zero-order valence-corrected chi connectivity index (χ0v) is 19.0. The Bertz CT molecular complexity index is 1080. The standard InChI is InChI=1S/C23H25ClF2N4O3/c1-12(2)15-5-3-4-6-16(15)23(20(27)31)11-30(22(32)29-14-7-8-14)19(23)18-17(33-21(25)26)9-13(24)10-28-18/h3-6,9-10,12,14,19,21H,7-8,11H2,1-2H3,(H2,27,31)(H,29,32). The molecule has 1 aliphatic heterocycles. The summed E-state index contributed by atoms with van der Waals surface area (Å²) in [6, 6.07) is 7.09. The third-order valence-electron chi connectivity index (χ3n) is 6.19. The van der Waals surface area contributed by atoms with Crippen LogP contribution in [0, 0.1) is 0 Å². The van der Waals surface area contributed by atoms with Crippen LogP contribution in [0.25, 0.3) is 0 Å². The van der Waals surface area contributed by atoms with Crippen LogP contribution in [0.4, 0.5) is 13.6 Å². The lowest BCUT2D eigenvalue weighted by Crippen LogP contribution is -2.70. The van der Waals surface area contributed by atoms with E-state index in [1.54, 1.807) is 12.1 Å². The first-order chi connectivity index (χ1) is 15.6. The van der Waals surface area contributed by atoms with E-state index >= 15 is 0 Å². The second kappa shape index (κ2) is 8.78. The number of ether oxygens (including phenoxy) is 1. The van der Waals surface area contributed by atoms with Crippen molar-refractivity contribution in [1.29, 1.82) is 0 Å². The Morgan fingerprint density at radius 3 is 2.61 bits per heavy atom. The third kappa shape index (κ3) is 4.21. The highest BCUT2D eigenvalue weighted by atomic mass is 35.5. The van der Waals surface area contributed by atoms with E-state index in [0.717, 1.165) is 18.4 Å². The van der Waals surface area contributed by atoms with Crippen molar-refractivity contribution in [3.05, 3.63) is 58.4 Å². The number of pyridine rings is 1. The molecule has 3 N–H and O–H groups in total. The van der Waals surface area contributed by atoms with Crippen LogP contribution < -0.4 is 15.8 Å². The lowest BCUT2D eigenvalue weighted by atomic mass is 9.63. The highest BCUT2D eigenvalue weighted by Gasteiger charge is 2.62. The summed E-state index contributed by atoms with van der Waals surface area (Å²) in [4.78, 5) is 31.8. The van der Waals surface area contributed by atoms with Gasteiger partial charge in [0.1, 0.15) is 11.1 Å². The van der Waals surface area contributed by atoms with Crippen molar-refractivity contribution in [2.24, 2.45) is 5.73 Å². The first kappa shape index (κ1) is 23.2. The Morgan fingerprint density at radius 1 is 1.30 bits per heavy atom. The minimum Gasteiger partial charge on any atom is -0.433 e. The molecule has 33 heavy (non-hydrogen) atoms. The number of hydrogen-bond donors (Lipinski definition) is 2. The number of carbonyl (C=O) groups excluding carboxylic acids is 2. The van der Waals surface area contributed by atoms with Crippen molar-refractivity contribution in [3.63, 3.8) is 0 Å². The minimum absolute atomic E-state index is 0.00532. The van der Waals surface area contributed by atoms with Gasteiger partial charge in [-0.3, -0.25) is 9.78 Å². The molecule has 7 nitrogen and oxygen atoms in total. The molecule has 1 saturated heterocycles. The molecule has 1 aromatic heterocycles. The van der Waals surface area contributed by atoms with Gasteiger partial charge in [-0.05, 0) is 29.9 Å².